The lowest BCUT2D eigenvalue weighted by Crippen LogP contribution is -2.33. The van der Waals surface area contributed by atoms with E-state index in [1.165, 1.54) is 5.56 Å². The second-order valence-corrected chi connectivity index (χ2v) is 8.73. The van der Waals surface area contributed by atoms with E-state index >= 15 is 0 Å². The molecule has 0 amide bonds. The van der Waals surface area contributed by atoms with Crippen LogP contribution in [0.2, 0.25) is 0 Å². The molecule has 34 heavy (non-hydrogen) atoms. The lowest BCUT2D eigenvalue weighted by molar-refractivity contribution is 0.0224. The van der Waals surface area contributed by atoms with Gasteiger partial charge in [0.15, 0.2) is 5.60 Å². The van der Waals surface area contributed by atoms with Crippen molar-refractivity contribution < 1.29 is 14.3 Å². The molecule has 4 aromatic rings. The van der Waals surface area contributed by atoms with Crippen LogP contribution < -0.4 is 15.4 Å². The maximum atomic E-state index is 13.0. The number of nitrogen functional groups attached to an aromatic ring is 1. The molecule has 0 saturated heterocycles. The Bertz CT molecular complexity index is 1440. The zero-order valence-corrected chi connectivity index (χ0v) is 19.0. The second kappa shape index (κ2) is 7.39. The Labute approximate surface area is 198 Å². The normalized spacial score (nSPS) is 17.4. The molecule has 6 rings (SSSR count). The molecule has 1 atom stereocenters. The van der Waals surface area contributed by atoms with Gasteiger partial charge in [0.2, 0.25) is 0 Å². The van der Waals surface area contributed by atoms with Gasteiger partial charge in [-0.05, 0) is 62.4 Å². The molecule has 0 bridgehead atoms. The smallest absolute Gasteiger partial charge is 0.340 e. The maximum absolute atomic E-state index is 13.0. The van der Waals surface area contributed by atoms with Crippen LogP contribution in [0.15, 0.2) is 84.9 Å². The zero-order chi connectivity index (χ0) is 23.4. The van der Waals surface area contributed by atoms with Gasteiger partial charge in [-0.15, -0.1) is 0 Å². The van der Waals surface area contributed by atoms with E-state index in [2.05, 4.69) is 49.1 Å². The molecule has 0 aliphatic carbocycles. The summed E-state index contributed by atoms with van der Waals surface area (Å²) in [5.41, 5.74) is 11.8. The Hall–Kier alpha value is -4.25. The minimum atomic E-state index is -1.11. The molecule has 1 unspecified atom stereocenters. The molecule has 5 heteroatoms. The summed E-state index contributed by atoms with van der Waals surface area (Å²) in [6.07, 6.45) is 0. The van der Waals surface area contributed by atoms with Crippen LogP contribution in [-0.4, -0.2) is 12.5 Å². The van der Waals surface area contributed by atoms with Gasteiger partial charge < -0.3 is 20.1 Å². The molecule has 2 heterocycles. The first-order valence-electron chi connectivity index (χ1n) is 11.4. The summed E-state index contributed by atoms with van der Waals surface area (Å²) in [6, 6.07) is 27.5. The fourth-order valence-corrected chi connectivity index (χ4v) is 5.09. The van der Waals surface area contributed by atoms with Crippen LogP contribution in [0.4, 0.5) is 17.1 Å². The highest BCUT2D eigenvalue weighted by Gasteiger charge is 2.53. The number of nitrogens with two attached hydrogens (primary N) is 1. The molecule has 0 aromatic heterocycles. The number of fused-ring (bicyclic) bond motifs is 6. The van der Waals surface area contributed by atoms with Crippen LogP contribution in [0.25, 0.3) is 0 Å². The molecular formula is C29H24N2O3. The molecule has 0 saturated carbocycles. The average Bonchev–Trinajstić information content (AvgIpc) is 3.14. The Morgan fingerprint density at radius 3 is 2.38 bits per heavy atom. The number of anilines is 3. The third-order valence-electron chi connectivity index (χ3n) is 6.69. The largest absolute Gasteiger partial charge is 0.456 e. The van der Waals surface area contributed by atoms with Crippen LogP contribution >= 0.6 is 0 Å². The van der Waals surface area contributed by atoms with Crippen molar-refractivity contribution >= 4 is 23.0 Å². The number of carbonyl (C=O) groups excluding carboxylic acids is 1. The van der Waals surface area contributed by atoms with Gasteiger partial charge in [0.1, 0.15) is 11.5 Å². The SMILES string of the molecule is CCN(c1ccc(C)cc1)c1ccc2c(c1)Oc1ccc(N)cc1C21OC(=O)c2ccccc21. The number of hydrogen-bond acceptors (Lipinski definition) is 5. The molecule has 2 N–H and O–H groups in total. The van der Waals surface area contributed by atoms with Gasteiger partial charge in [-0.1, -0.05) is 35.9 Å². The molecule has 2 aliphatic rings. The molecule has 5 nitrogen and oxygen atoms in total. The van der Waals surface area contributed by atoms with Crippen molar-refractivity contribution in [2.24, 2.45) is 0 Å². The summed E-state index contributed by atoms with van der Waals surface area (Å²) in [5, 5.41) is 0. The first-order chi connectivity index (χ1) is 16.5. The van der Waals surface area contributed by atoms with E-state index in [0.29, 0.717) is 22.7 Å². The number of rotatable bonds is 3. The van der Waals surface area contributed by atoms with Crippen molar-refractivity contribution in [3.05, 3.63) is 113 Å². The van der Waals surface area contributed by atoms with Gasteiger partial charge in [-0.2, -0.15) is 0 Å². The van der Waals surface area contributed by atoms with Gasteiger partial charge >= 0.3 is 5.97 Å². The third-order valence-corrected chi connectivity index (χ3v) is 6.69. The fourth-order valence-electron chi connectivity index (χ4n) is 5.09. The van der Waals surface area contributed by atoms with E-state index in [4.69, 9.17) is 15.2 Å². The molecule has 0 radical (unpaired) electrons. The van der Waals surface area contributed by atoms with Crippen molar-refractivity contribution in [1.29, 1.82) is 0 Å². The standard InChI is InChI=1S/C29H24N2O3/c1-3-31(20-11-8-18(2)9-12-20)21-13-14-24-27(17-21)33-26-15-10-19(30)16-25(26)29(24)23-7-5-4-6-22(23)28(32)34-29/h4-17H,3,30H2,1-2H3. The van der Waals surface area contributed by atoms with Crippen LogP contribution in [0.3, 0.4) is 0 Å². The van der Waals surface area contributed by atoms with Crippen molar-refractivity contribution in [2.45, 2.75) is 19.4 Å². The van der Waals surface area contributed by atoms with E-state index in [0.717, 1.165) is 34.6 Å². The first-order valence-corrected chi connectivity index (χ1v) is 11.4. The predicted octanol–water partition coefficient (Wildman–Crippen LogP) is 6.30. The van der Waals surface area contributed by atoms with Gasteiger partial charge in [-0.25, -0.2) is 4.79 Å². The minimum Gasteiger partial charge on any atom is -0.456 e. The zero-order valence-electron chi connectivity index (χ0n) is 19.0. The number of benzene rings is 4. The molecule has 4 aromatic carbocycles. The van der Waals surface area contributed by atoms with E-state index in [1.807, 2.05) is 42.5 Å². The number of aryl methyl sites for hydroxylation is 1. The van der Waals surface area contributed by atoms with Crippen LogP contribution in [0.5, 0.6) is 11.5 Å². The van der Waals surface area contributed by atoms with Crippen molar-refractivity contribution in [1.82, 2.24) is 0 Å². The summed E-state index contributed by atoms with van der Waals surface area (Å²) < 4.78 is 12.6. The molecule has 2 aliphatic heterocycles. The second-order valence-electron chi connectivity index (χ2n) is 8.73. The highest BCUT2D eigenvalue weighted by Crippen LogP contribution is 2.57. The Kier molecular flexibility index (Phi) is 4.42. The monoisotopic (exact) mass is 448 g/mol. The van der Waals surface area contributed by atoms with E-state index in [-0.39, 0.29) is 5.97 Å². The molecular weight excluding hydrogens is 424 g/mol. The summed E-state index contributed by atoms with van der Waals surface area (Å²) >= 11 is 0. The average molecular weight is 449 g/mol. The van der Waals surface area contributed by atoms with E-state index in [1.54, 1.807) is 12.1 Å². The summed E-state index contributed by atoms with van der Waals surface area (Å²) in [7, 11) is 0. The van der Waals surface area contributed by atoms with E-state index < -0.39 is 5.60 Å². The lowest BCUT2D eigenvalue weighted by Gasteiger charge is -2.37. The summed E-state index contributed by atoms with van der Waals surface area (Å²) in [5.74, 6) is 0.933. The minimum absolute atomic E-state index is 0.351. The van der Waals surface area contributed by atoms with Gasteiger partial charge in [-0.3, -0.25) is 0 Å². The highest BCUT2D eigenvalue weighted by molar-refractivity contribution is 5.97. The fraction of sp³-hybridized carbons (Fsp3) is 0.138. The number of hydrogen-bond donors (Lipinski definition) is 1. The lowest BCUT2D eigenvalue weighted by atomic mass is 9.77. The number of esters is 1. The Balaban J connectivity index is 1.56. The van der Waals surface area contributed by atoms with Crippen molar-refractivity contribution in [3.63, 3.8) is 0 Å². The quantitative estimate of drug-likeness (QED) is 0.294. The molecule has 1 spiro atoms. The summed E-state index contributed by atoms with van der Waals surface area (Å²) in [4.78, 5) is 15.2. The number of carbonyl (C=O) groups is 1. The van der Waals surface area contributed by atoms with Gasteiger partial charge in [0, 0.05) is 46.4 Å². The van der Waals surface area contributed by atoms with Crippen LogP contribution in [0, 0.1) is 6.92 Å². The van der Waals surface area contributed by atoms with Crippen molar-refractivity contribution in [2.75, 3.05) is 17.2 Å². The topological polar surface area (TPSA) is 64.8 Å². The van der Waals surface area contributed by atoms with Gasteiger partial charge in [0.05, 0.1) is 5.56 Å². The number of ether oxygens (including phenoxy) is 2. The Morgan fingerprint density at radius 2 is 1.59 bits per heavy atom. The van der Waals surface area contributed by atoms with Crippen molar-refractivity contribution in [3.8, 4) is 11.5 Å². The molecule has 168 valence electrons. The maximum Gasteiger partial charge on any atom is 0.340 e. The first kappa shape index (κ1) is 20.4. The van der Waals surface area contributed by atoms with Crippen LogP contribution in [0.1, 0.15) is 39.5 Å². The predicted molar refractivity (Wildman–Crippen MR) is 133 cm³/mol. The van der Waals surface area contributed by atoms with E-state index in [9.17, 15) is 4.79 Å². The highest BCUT2D eigenvalue weighted by atomic mass is 16.6. The number of nitrogens with zero attached hydrogens (tertiary/aromatic N) is 1. The van der Waals surface area contributed by atoms with Crippen LogP contribution in [-0.2, 0) is 10.3 Å². The Morgan fingerprint density at radius 1 is 0.824 bits per heavy atom. The van der Waals surface area contributed by atoms with Gasteiger partial charge in [0.25, 0.3) is 0 Å². The third kappa shape index (κ3) is 2.83. The summed E-state index contributed by atoms with van der Waals surface area (Å²) in [6.45, 7) is 4.99. The molecule has 0 fully saturated rings.